The Bertz CT molecular complexity index is 490. The van der Waals surface area contributed by atoms with Gasteiger partial charge in [0.1, 0.15) is 10.00 Å². The first-order chi connectivity index (χ1) is 7.16. The molecule has 15 heavy (non-hydrogen) atoms. The van der Waals surface area contributed by atoms with Gasteiger partial charge in [0.25, 0.3) is 0 Å². The molecule has 1 aromatic heterocycles. The third kappa shape index (κ3) is 2.42. The van der Waals surface area contributed by atoms with E-state index in [0.717, 1.165) is 19.9 Å². The second kappa shape index (κ2) is 4.38. The van der Waals surface area contributed by atoms with Gasteiger partial charge in [-0.15, -0.1) is 11.3 Å². The average molecular weight is 299 g/mol. The largest absolute Gasteiger partial charge is 0.389 e. The van der Waals surface area contributed by atoms with Crippen LogP contribution in [-0.4, -0.2) is 9.97 Å². The van der Waals surface area contributed by atoms with E-state index in [-0.39, 0.29) is 0 Å². The van der Waals surface area contributed by atoms with E-state index in [1.807, 2.05) is 24.3 Å². The normalized spacial score (nSPS) is 10.2. The Morgan fingerprint density at radius 2 is 2.00 bits per heavy atom. The fourth-order valence-corrected chi connectivity index (χ4v) is 2.33. The summed E-state index contributed by atoms with van der Waals surface area (Å²) in [6.07, 6.45) is 1.71. The fourth-order valence-electron chi connectivity index (χ4n) is 1.11. The molecule has 5 heteroatoms. The van der Waals surface area contributed by atoms with Crippen molar-refractivity contribution in [2.24, 2.45) is 5.73 Å². The molecule has 0 saturated heterocycles. The van der Waals surface area contributed by atoms with E-state index in [1.54, 1.807) is 6.20 Å². The Hall–Kier alpha value is -0.780. The molecule has 2 N–H and O–H groups in total. The van der Waals surface area contributed by atoms with Crippen LogP contribution < -0.4 is 5.73 Å². The van der Waals surface area contributed by atoms with E-state index in [1.165, 1.54) is 11.3 Å². The molecule has 0 amide bonds. The number of thiazole rings is 1. The number of rotatable bonds is 2. The van der Waals surface area contributed by atoms with E-state index in [2.05, 4.69) is 20.9 Å². The lowest BCUT2D eigenvalue weighted by Crippen LogP contribution is -2.06. The summed E-state index contributed by atoms with van der Waals surface area (Å²) in [5, 5.41) is 0.935. The standard InChI is InChI=1S/C10H7BrN2S2/c11-7-3-1-6(2-4-7)10-13-5-8(15-10)9(12)14/h1-5H,(H2,12,14). The summed E-state index contributed by atoms with van der Waals surface area (Å²) in [5.41, 5.74) is 6.60. The first kappa shape index (κ1) is 10.7. The molecule has 0 atom stereocenters. The lowest BCUT2D eigenvalue weighted by atomic mass is 10.2. The highest BCUT2D eigenvalue weighted by Gasteiger charge is 2.05. The molecule has 0 radical (unpaired) electrons. The molecule has 0 aliphatic heterocycles. The van der Waals surface area contributed by atoms with Gasteiger partial charge < -0.3 is 5.73 Å². The van der Waals surface area contributed by atoms with Crippen molar-refractivity contribution < 1.29 is 0 Å². The molecule has 0 fully saturated rings. The van der Waals surface area contributed by atoms with Gasteiger partial charge in [-0.05, 0) is 12.1 Å². The topological polar surface area (TPSA) is 38.9 Å². The highest BCUT2D eigenvalue weighted by Crippen LogP contribution is 2.26. The third-order valence-electron chi connectivity index (χ3n) is 1.84. The maximum Gasteiger partial charge on any atom is 0.123 e. The number of benzene rings is 1. The minimum atomic E-state index is 0.399. The van der Waals surface area contributed by atoms with Gasteiger partial charge >= 0.3 is 0 Å². The Labute approximate surface area is 105 Å². The van der Waals surface area contributed by atoms with E-state index in [0.29, 0.717) is 4.99 Å². The highest BCUT2D eigenvalue weighted by molar-refractivity contribution is 9.10. The van der Waals surface area contributed by atoms with Gasteiger partial charge in [0, 0.05) is 16.2 Å². The zero-order valence-corrected chi connectivity index (χ0v) is 10.8. The fraction of sp³-hybridized carbons (Fsp3) is 0. The quantitative estimate of drug-likeness (QED) is 0.866. The van der Waals surface area contributed by atoms with Crippen molar-refractivity contribution in [3.05, 3.63) is 39.8 Å². The number of nitrogens with two attached hydrogens (primary N) is 1. The summed E-state index contributed by atoms with van der Waals surface area (Å²) in [6, 6.07) is 7.98. The van der Waals surface area contributed by atoms with Crippen molar-refractivity contribution in [1.29, 1.82) is 0 Å². The Morgan fingerprint density at radius 3 is 2.53 bits per heavy atom. The molecule has 0 aliphatic carbocycles. The molecule has 0 spiro atoms. The van der Waals surface area contributed by atoms with Crippen molar-refractivity contribution in [2.45, 2.75) is 0 Å². The molecule has 1 heterocycles. The van der Waals surface area contributed by atoms with Crippen LogP contribution >= 0.6 is 39.5 Å². The van der Waals surface area contributed by atoms with Crippen LogP contribution in [0.1, 0.15) is 4.88 Å². The zero-order valence-electron chi connectivity index (χ0n) is 7.61. The van der Waals surface area contributed by atoms with Crippen LogP contribution in [0.15, 0.2) is 34.9 Å². The number of halogens is 1. The van der Waals surface area contributed by atoms with Crippen LogP contribution in [0, 0.1) is 0 Å². The van der Waals surface area contributed by atoms with Crippen LogP contribution in [0.2, 0.25) is 0 Å². The summed E-state index contributed by atoms with van der Waals surface area (Å²) in [6.45, 7) is 0. The molecular formula is C10H7BrN2S2. The molecule has 0 unspecified atom stereocenters. The number of thiocarbonyl (C=S) groups is 1. The maximum atomic E-state index is 5.52. The summed E-state index contributed by atoms with van der Waals surface area (Å²) in [7, 11) is 0. The third-order valence-corrected chi connectivity index (χ3v) is 3.80. The van der Waals surface area contributed by atoms with Gasteiger partial charge in [-0.2, -0.15) is 0 Å². The van der Waals surface area contributed by atoms with Crippen LogP contribution in [-0.2, 0) is 0 Å². The number of hydrogen-bond donors (Lipinski definition) is 1. The molecule has 2 aromatic rings. The van der Waals surface area contributed by atoms with Gasteiger partial charge in [-0.1, -0.05) is 40.3 Å². The lowest BCUT2D eigenvalue weighted by Gasteiger charge is -1.95. The number of aromatic nitrogens is 1. The minimum absolute atomic E-state index is 0.399. The Morgan fingerprint density at radius 1 is 1.33 bits per heavy atom. The second-order valence-corrected chi connectivity index (χ2v) is 5.29. The van der Waals surface area contributed by atoms with Crippen LogP contribution in [0.25, 0.3) is 10.6 Å². The predicted octanol–water partition coefficient (Wildman–Crippen LogP) is 3.21. The lowest BCUT2D eigenvalue weighted by molar-refractivity contribution is 1.40. The van der Waals surface area contributed by atoms with Gasteiger partial charge in [0.15, 0.2) is 0 Å². The average Bonchev–Trinajstić information content (AvgIpc) is 2.68. The van der Waals surface area contributed by atoms with Crippen molar-refractivity contribution in [3.63, 3.8) is 0 Å². The van der Waals surface area contributed by atoms with Crippen molar-refractivity contribution >= 4 is 44.5 Å². The molecule has 1 aromatic carbocycles. The molecule has 76 valence electrons. The number of nitrogens with zero attached hydrogens (tertiary/aromatic N) is 1. The van der Waals surface area contributed by atoms with Crippen molar-refractivity contribution in [3.8, 4) is 10.6 Å². The SMILES string of the molecule is NC(=S)c1cnc(-c2ccc(Br)cc2)s1. The van der Waals surface area contributed by atoms with Crippen LogP contribution in [0.3, 0.4) is 0 Å². The molecular weight excluding hydrogens is 292 g/mol. The van der Waals surface area contributed by atoms with Crippen molar-refractivity contribution in [1.82, 2.24) is 4.98 Å². The van der Waals surface area contributed by atoms with Crippen LogP contribution in [0.4, 0.5) is 0 Å². The van der Waals surface area contributed by atoms with Crippen molar-refractivity contribution in [2.75, 3.05) is 0 Å². The summed E-state index contributed by atoms with van der Waals surface area (Å²) >= 11 is 9.78. The number of hydrogen-bond acceptors (Lipinski definition) is 3. The molecule has 2 rings (SSSR count). The second-order valence-electron chi connectivity index (χ2n) is 2.90. The molecule has 0 aliphatic rings. The Kier molecular flexibility index (Phi) is 3.14. The van der Waals surface area contributed by atoms with Crippen LogP contribution in [0.5, 0.6) is 0 Å². The molecule has 0 saturated carbocycles. The van der Waals surface area contributed by atoms with Gasteiger partial charge in [0.2, 0.25) is 0 Å². The summed E-state index contributed by atoms with van der Waals surface area (Å²) < 4.78 is 1.05. The Balaban J connectivity index is 2.37. The molecule has 0 bridgehead atoms. The zero-order chi connectivity index (χ0) is 10.8. The van der Waals surface area contributed by atoms with Gasteiger partial charge in [-0.25, -0.2) is 4.98 Å². The minimum Gasteiger partial charge on any atom is -0.389 e. The maximum absolute atomic E-state index is 5.52. The van der Waals surface area contributed by atoms with Gasteiger partial charge in [-0.3, -0.25) is 0 Å². The van der Waals surface area contributed by atoms with E-state index in [9.17, 15) is 0 Å². The van der Waals surface area contributed by atoms with Gasteiger partial charge in [0.05, 0.1) is 4.88 Å². The predicted molar refractivity (Wildman–Crippen MR) is 71.1 cm³/mol. The molecule has 2 nitrogen and oxygen atoms in total. The first-order valence-corrected chi connectivity index (χ1v) is 6.20. The first-order valence-electron chi connectivity index (χ1n) is 4.18. The highest BCUT2D eigenvalue weighted by atomic mass is 79.9. The summed E-state index contributed by atoms with van der Waals surface area (Å²) in [5.74, 6) is 0. The summed E-state index contributed by atoms with van der Waals surface area (Å²) in [4.78, 5) is 5.52. The van der Waals surface area contributed by atoms with E-state index < -0.39 is 0 Å². The smallest absolute Gasteiger partial charge is 0.123 e. The van der Waals surface area contributed by atoms with E-state index in [4.69, 9.17) is 18.0 Å². The monoisotopic (exact) mass is 298 g/mol. The van der Waals surface area contributed by atoms with E-state index >= 15 is 0 Å².